The van der Waals surface area contributed by atoms with Crippen LogP contribution in [0.2, 0.25) is 0 Å². The molecule has 9 heteroatoms. The summed E-state index contributed by atoms with van der Waals surface area (Å²) in [6.07, 6.45) is 1.51. The molecule has 0 bridgehead atoms. The minimum absolute atomic E-state index is 0.0873. The average Bonchev–Trinajstić information content (AvgIpc) is 3.26. The first-order valence-corrected chi connectivity index (χ1v) is 10.8. The SMILES string of the molecule is C=CCN1C(=O)[C@H](CC(=O)Nc2ccccc2F)SC1=Nc1nc2ccccc2s1. The number of aliphatic imine (C=N–C) groups is 1. The molecule has 6 nitrogen and oxygen atoms in total. The van der Waals surface area contributed by atoms with Crippen molar-refractivity contribution in [1.82, 2.24) is 9.88 Å². The van der Waals surface area contributed by atoms with E-state index in [-0.39, 0.29) is 24.6 Å². The molecule has 2 aromatic carbocycles. The lowest BCUT2D eigenvalue weighted by Gasteiger charge is -2.13. The predicted octanol–water partition coefficient (Wildman–Crippen LogP) is 4.58. The number of anilines is 1. The topological polar surface area (TPSA) is 74.7 Å². The van der Waals surface area contributed by atoms with Gasteiger partial charge in [-0.25, -0.2) is 9.37 Å². The number of hydrogen-bond donors (Lipinski definition) is 1. The Hall–Kier alpha value is -3.04. The molecule has 0 unspecified atom stereocenters. The quantitative estimate of drug-likeness (QED) is 0.570. The normalized spacial score (nSPS) is 17.6. The third-order valence-electron chi connectivity index (χ3n) is 4.32. The van der Waals surface area contributed by atoms with Crippen molar-refractivity contribution in [3.63, 3.8) is 0 Å². The molecule has 0 radical (unpaired) electrons. The summed E-state index contributed by atoms with van der Waals surface area (Å²) in [4.78, 5) is 35.7. The highest BCUT2D eigenvalue weighted by Gasteiger charge is 2.38. The van der Waals surface area contributed by atoms with Gasteiger partial charge >= 0.3 is 0 Å². The second-order valence-corrected chi connectivity index (χ2v) is 8.61. The van der Waals surface area contributed by atoms with Crippen molar-refractivity contribution in [1.29, 1.82) is 0 Å². The second-order valence-electron chi connectivity index (χ2n) is 6.43. The number of nitrogens with zero attached hydrogens (tertiary/aromatic N) is 3. The van der Waals surface area contributed by atoms with Crippen LogP contribution in [-0.4, -0.2) is 38.7 Å². The highest BCUT2D eigenvalue weighted by Crippen LogP contribution is 2.34. The zero-order valence-corrected chi connectivity index (χ0v) is 17.4. The van der Waals surface area contributed by atoms with E-state index in [2.05, 4.69) is 21.9 Å². The Balaban J connectivity index is 1.52. The summed E-state index contributed by atoms with van der Waals surface area (Å²) in [6.45, 7) is 3.97. The molecule has 1 atom stereocenters. The number of benzene rings is 2. The van der Waals surface area contributed by atoms with Gasteiger partial charge in [0.15, 0.2) is 5.17 Å². The standard InChI is InChI=1S/C21H17FN4O2S2/c1-2-11-26-19(28)17(12-18(27)23-14-8-4-3-7-13(14)22)30-21(26)25-20-24-15-9-5-6-10-16(15)29-20/h2-10,17H,1,11-12H2,(H,23,27)/t17-/m0/s1. The van der Waals surface area contributed by atoms with Crippen molar-refractivity contribution < 1.29 is 14.0 Å². The first kappa shape index (κ1) is 20.2. The first-order valence-electron chi connectivity index (χ1n) is 9.12. The van der Waals surface area contributed by atoms with Gasteiger partial charge in [-0.05, 0) is 24.3 Å². The fraction of sp³-hybridized carbons (Fsp3) is 0.143. The molecule has 1 saturated heterocycles. The van der Waals surface area contributed by atoms with Crippen molar-refractivity contribution >= 4 is 61.1 Å². The van der Waals surface area contributed by atoms with Crippen LogP contribution in [-0.2, 0) is 9.59 Å². The number of rotatable bonds is 6. The summed E-state index contributed by atoms with van der Waals surface area (Å²) < 4.78 is 14.8. The Bertz CT molecular complexity index is 1130. The maximum absolute atomic E-state index is 13.8. The Kier molecular flexibility index (Phi) is 5.91. The van der Waals surface area contributed by atoms with E-state index in [1.54, 1.807) is 18.2 Å². The van der Waals surface area contributed by atoms with Crippen LogP contribution in [0, 0.1) is 5.82 Å². The summed E-state index contributed by atoms with van der Waals surface area (Å²) in [5.74, 6) is -1.20. The van der Waals surface area contributed by atoms with Crippen LogP contribution in [0.5, 0.6) is 0 Å². The number of aromatic nitrogens is 1. The molecule has 1 fully saturated rings. The van der Waals surface area contributed by atoms with Crippen molar-refractivity contribution in [3.8, 4) is 0 Å². The molecule has 0 saturated carbocycles. The van der Waals surface area contributed by atoms with Crippen LogP contribution >= 0.6 is 23.1 Å². The molecule has 1 N–H and O–H groups in total. The Labute approximate surface area is 180 Å². The molecule has 30 heavy (non-hydrogen) atoms. The van der Waals surface area contributed by atoms with Gasteiger partial charge in [0.2, 0.25) is 16.9 Å². The molecule has 0 aliphatic carbocycles. The average molecular weight is 441 g/mol. The number of thiazole rings is 1. The van der Waals surface area contributed by atoms with E-state index in [0.717, 1.165) is 10.2 Å². The van der Waals surface area contributed by atoms with Gasteiger partial charge in [-0.1, -0.05) is 53.4 Å². The maximum Gasteiger partial charge on any atom is 0.242 e. The van der Waals surface area contributed by atoms with Gasteiger partial charge in [-0.2, -0.15) is 4.99 Å². The lowest BCUT2D eigenvalue weighted by molar-refractivity contribution is -0.127. The number of para-hydroxylation sites is 2. The van der Waals surface area contributed by atoms with E-state index in [4.69, 9.17) is 0 Å². The van der Waals surface area contributed by atoms with Gasteiger partial charge in [0, 0.05) is 13.0 Å². The number of fused-ring (bicyclic) bond motifs is 1. The smallest absolute Gasteiger partial charge is 0.242 e. The molecular formula is C21H17FN4O2S2. The fourth-order valence-electron chi connectivity index (χ4n) is 2.94. The van der Waals surface area contributed by atoms with Gasteiger partial charge in [0.25, 0.3) is 0 Å². The number of carbonyl (C=O) groups is 2. The van der Waals surface area contributed by atoms with Gasteiger partial charge < -0.3 is 5.32 Å². The minimum atomic E-state index is -0.648. The van der Waals surface area contributed by atoms with E-state index in [1.165, 1.54) is 40.1 Å². The van der Waals surface area contributed by atoms with Crippen LogP contribution < -0.4 is 5.32 Å². The van der Waals surface area contributed by atoms with Crippen LogP contribution in [0.1, 0.15) is 6.42 Å². The fourth-order valence-corrected chi connectivity index (χ4v) is 4.99. The highest BCUT2D eigenvalue weighted by molar-refractivity contribution is 8.15. The molecule has 4 rings (SSSR count). The van der Waals surface area contributed by atoms with E-state index in [0.29, 0.717) is 10.3 Å². The van der Waals surface area contributed by atoms with Crippen molar-refractivity contribution in [2.24, 2.45) is 4.99 Å². The van der Waals surface area contributed by atoms with Crippen molar-refractivity contribution in [2.75, 3.05) is 11.9 Å². The summed E-state index contributed by atoms with van der Waals surface area (Å²) >= 11 is 2.63. The van der Waals surface area contributed by atoms with Crippen molar-refractivity contribution in [3.05, 3.63) is 67.0 Å². The number of carbonyl (C=O) groups excluding carboxylic acids is 2. The van der Waals surface area contributed by atoms with Gasteiger partial charge in [0.1, 0.15) is 11.1 Å². The zero-order valence-electron chi connectivity index (χ0n) is 15.7. The molecule has 0 spiro atoms. The lowest BCUT2D eigenvalue weighted by Crippen LogP contribution is -2.33. The number of halogens is 1. The summed E-state index contributed by atoms with van der Waals surface area (Å²) in [5, 5.41) is 2.88. The molecule has 2 heterocycles. The number of nitrogens with one attached hydrogen (secondary N) is 1. The number of thioether (sulfide) groups is 1. The first-order chi connectivity index (χ1) is 14.5. The van der Waals surface area contributed by atoms with Crippen LogP contribution in [0.3, 0.4) is 0 Å². The summed E-state index contributed by atoms with van der Waals surface area (Å²) in [5.41, 5.74) is 0.927. The number of amidine groups is 1. The van der Waals surface area contributed by atoms with Crippen LogP contribution in [0.15, 0.2) is 66.2 Å². The van der Waals surface area contributed by atoms with Gasteiger partial charge in [-0.3, -0.25) is 14.5 Å². The molecule has 152 valence electrons. The molecule has 1 aliphatic rings. The third kappa shape index (κ3) is 4.27. The van der Waals surface area contributed by atoms with Crippen LogP contribution in [0.25, 0.3) is 10.2 Å². The monoisotopic (exact) mass is 440 g/mol. The lowest BCUT2D eigenvalue weighted by atomic mass is 10.2. The highest BCUT2D eigenvalue weighted by atomic mass is 32.2. The second kappa shape index (κ2) is 8.76. The Morgan fingerprint density at radius 2 is 2.03 bits per heavy atom. The van der Waals surface area contributed by atoms with Gasteiger partial charge in [0.05, 0.1) is 15.9 Å². The van der Waals surface area contributed by atoms with Crippen molar-refractivity contribution in [2.45, 2.75) is 11.7 Å². The summed E-state index contributed by atoms with van der Waals surface area (Å²) in [6, 6.07) is 13.6. The van der Waals surface area contributed by atoms with Gasteiger partial charge in [-0.15, -0.1) is 6.58 Å². The predicted molar refractivity (Wildman–Crippen MR) is 120 cm³/mol. The molecule has 1 aliphatic heterocycles. The van der Waals surface area contributed by atoms with E-state index >= 15 is 0 Å². The number of hydrogen-bond acceptors (Lipinski definition) is 6. The third-order valence-corrected chi connectivity index (χ3v) is 6.43. The maximum atomic E-state index is 13.8. The van der Waals surface area contributed by atoms with Crippen LogP contribution in [0.4, 0.5) is 15.2 Å². The molecular weight excluding hydrogens is 423 g/mol. The molecule has 3 aromatic rings. The Morgan fingerprint density at radius 3 is 2.80 bits per heavy atom. The Morgan fingerprint density at radius 1 is 1.27 bits per heavy atom. The van der Waals surface area contributed by atoms with E-state index in [9.17, 15) is 14.0 Å². The zero-order chi connectivity index (χ0) is 21.1. The largest absolute Gasteiger partial charge is 0.324 e. The van der Waals surface area contributed by atoms with E-state index in [1.807, 2.05) is 24.3 Å². The minimum Gasteiger partial charge on any atom is -0.324 e. The molecule has 2 amide bonds. The number of amides is 2. The van der Waals surface area contributed by atoms with E-state index < -0.39 is 17.0 Å². The molecule has 1 aromatic heterocycles. The summed E-state index contributed by atoms with van der Waals surface area (Å²) in [7, 11) is 0.